The number of halogens is 2. The highest BCUT2D eigenvalue weighted by molar-refractivity contribution is 6.46. The van der Waals surface area contributed by atoms with Crippen LogP contribution in [0.1, 0.15) is 16.7 Å². The maximum Gasteiger partial charge on any atom is 0.282 e. The van der Waals surface area contributed by atoms with Crippen LogP contribution in [0.3, 0.4) is 0 Å². The number of hydrogen-bond acceptors (Lipinski definition) is 4. The predicted octanol–water partition coefficient (Wildman–Crippen LogP) is 5.04. The first-order valence-electron chi connectivity index (χ1n) is 10.4. The highest BCUT2D eigenvalue weighted by Crippen LogP contribution is 2.35. The summed E-state index contributed by atoms with van der Waals surface area (Å²) in [6.45, 7) is 3.87. The van der Waals surface area contributed by atoms with Crippen LogP contribution in [0.5, 0.6) is 0 Å². The number of carbonyl (C=O) groups is 2. The van der Waals surface area contributed by atoms with E-state index in [1.54, 1.807) is 18.2 Å². The predicted molar refractivity (Wildman–Crippen MR) is 126 cm³/mol. The van der Waals surface area contributed by atoms with E-state index in [-0.39, 0.29) is 17.0 Å². The Labute approximate surface area is 190 Å². The van der Waals surface area contributed by atoms with Crippen molar-refractivity contribution < 1.29 is 18.4 Å². The summed E-state index contributed by atoms with van der Waals surface area (Å²) < 4.78 is 27.4. The number of anilines is 3. The number of carbonyl (C=O) groups excluding carboxylic acids is 2. The fourth-order valence-electron chi connectivity index (χ4n) is 3.66. The second-order valence-corrected chi connectivity index (χ2v) is 8.16. The van der Waals surface area contributed by atoms with Gasteiger partial charge in [0.25, 0.3) is 11.8 Å². The molecule has 1 heterocycles. The van der Waals surface area contributed by atoms with Crippen LogP contribution < -0.4 is 15.1 Å². The van der Waals surface area contributed by atoms with Gasteiger partial charge in [0.05, 0.1) is 11.3 Å². The number of amides is 2. The average Bonchev–Trinajstić information content (AvgIpc) is 3.02. The maximum absolute atomic E-state index is 13.9. The van der Waals surface area contributed by atoms with Crippen LogP contribution in [0, 0.1) is 25.5 Å². The van der Waals surface area contributed by atoms with Crippen molar-refractivity contribution in [3.05, 3.63) is 94.7 Å². The molecule has 3 aromatic rings. The zero-order valence-corrected chi connectivity index (χ0v) is 18.7. The molecule has 0 saturated carbocycles. The summed E-state index contributed by atoms with van der Waals surface area (Å²) in [6.07, 6.45) is 0. The van der Waals surface area contributed by atoms with E-state index >= 15 is 0 Å². The molecule has 1 N–H and O–H groups in total. The first-order valence-corrected chi connectivity index (χ1v) is 10.4. The van der Waals surface area contributed by atoms with Gasteiger partial charge >= 0.3 is 0 Å². The van der Waals surface area contributed by atoms with Gasteiger partial charge in [-0.3, -0.25) is 9.59 Å². The quantitative estimate of drug-likeness (QED) is 0.557. The topological polar surface area (TPSA) is 52.7 Å². The van der Waals surface area contributed by atoms with E-state index in [9.17, 15) is 18.4 Å². The lowest BCUT2D eigenvalue weighted by Gasteiger charge is -2.16. The van der Waals surface area contributed by atoms with E-state index in [0.717, 1.165) is 33.8 Å². The van der Waals surface area contributed by atoms with E-state index in [2.05, 4.69) is 5.32 Å². The zero-order valence-electron chi connectivity index (χ0n) is 18.7. The molecule has 1 aliphatic heterocycles. The van der Waals surface area contributed by atoms with Crippen LogP contribution >= 0.6 is 0 Å². The molecule has 168 valence electrons. The molecule has 4 rings (SSSR count). The zero-order chi connectivity index (χ0) is 23.9. The van der Waals surface area contributed by atoms with Crippen molar-refractivity contribution in [2.24, 2.45) is 0 Å². The lowest BCUT2D eigenvalue weighted by Crippen LogP contribution is -2.32. The van der Waals surface area contributed by atoms with Gasteiger partial charge in [-0.05, 0) is 66.9 Å². The maximum atomic E-state index is 13.9. The number of aryl methyl sites for hydroxylation is 2. The van der Waals surface area contributed by atoms with E-state index in [4.69, 9.17) is 0 Å². The van der Waals surface area contributed by atoms with Gasteiger partial charge in [-0.25, -0.2) is 13.7 Å². The molecule has 0 saturated heterocycles. The lowest BCUT2D eigenvalue weighted by atomic mass is 9.99. The summed E-state index contributed by atoms with van der Waals surface area (Å²) in [7, 11) is 3.84. The molecule has 0 fully saturated rings. The van der Waals surface area contributed by atoms with Crippen molar-refractivity contribution in [3.8, 4) is 0 Å². The average molecular weight is 447 g/mol. The first kappa shape index (κ1) is 22.2. The Kier molecular flexibility index (Phi) is 5.72. The van der Waals surface area contributed by atoms with Gasteiger partial charge in [-0.15, -0.1) is 0 Å². The molecule has 0 bridgehead atoms. The Morgan fingerprint density at radius 2 is 1.48 bits per heavy atom. The fourth-order valence-corrected chi connectivity index (χ4v) is 3.66. The van der Waals surface area contributed by atoms with Crippen molar-refractivity contribution in [3.63, 3.8) is 0 Å². The minimum atomic E-state index is -1.14. The van der Waals surface area contributed by atoms with Gasteiger partial charge in [0.15, 0.2) is 11.6 Å². The summed E-state index contributed by atoms with van der Waals surface area (Å²) in [4.78, 5) is 29.6. The molecule has 0 aromatic heterocycles. The van der Waals surface area contributed by atoms with E-state index in [1.807, 2.05) is 57.1 Å². The van der Waals surface area contributed by atoms with Gasteiger partial charge in [0, 0.05) is 31.5 Å². The van der Waals surface area contributed by atoms with Crippen LogP contribution in [0.2, 0.25) is 0 Å². The summed E-state index contributed by atoms with van der Waals surface area (Å²) in [5, 5.41) is 3.08. The normalized spacial score (nSPS) is 13.7. The molecule has 0 radical (unpaired) electrons. The van der Waals surface area contributed by atoms with Gasteiger partial charge in [0.2, 0.25) is 0 Å². The monoisotopic (exact) mass is 447 g/mol. The smallest absolute Gasteiger partial charge is 0.282 e. The standard InChI is InChI=1S/C26H23F2N3O2/c1-15-5-6-17(13-16(15)2)23-24(29-18-7-9-19(10-8-18)30(3)4)26(33)31(25(23)32)20-11-12-21(27)22(28)14-20/h5-14,29H,1-4H3. The second kappa shape index (κ2) is 8.50. The van der Waals surface area contributed by atoms with Crippen molar-refractivity contribution in [1.29, 1.82) is 0 Å². The molecule has 5 nitrogen and oxygen atoms in total. The van der Waals surface area contributed by atoms with Crippen molar-refractivity contribution in [2.45, 2.75) is 13.8 Å². The van der Waals surface area contributed by atoms with Crippen molar-refractivity contribution >= 4 is 34.4 Å². The molecule has 2 amide bonds. The number of hydrogen-bond donors (Lipinski definition) is 1. The SMILES string of the molecule is Cc1ccc(C2=C(Nc3ccc(N(C)C)cc3)C(=O)N(c3ccc(F)c(F)c3)C2=O)cc1C. The third kappa shape index (κ3) is 4.09. The minimum Gasteiger partial charge on any atom is -0.378 e. The molecule has 7 heteroatoms. The Balaban J connectivity index is 1.81. The third-order valence-electron chi connectivity index (χ3n) is 5.69. The van der Waals surface area contributed by atoms with Crippen LogP contribution in [0.4, 0.5) is 25.8 Å². The molecule has 0 aliphatic carbocycles. The van der Waals surface area contributed by atoms with Crippen LogP contribution in [0.25, 0.3) is 5.57 Å². The summed E-state index contributed by atoms with van der Waals surface area (Å²) in [5.74, 6) is -3.45. The largest absolute Gasteiger partial charge is 0.378 e. The highest BCUT2D eigenvalue weighted by atomic mass is 19.2. The molecule has 3 aromatic carbocycles. The van der Waals surface area contributed by atoms with Crippen molar-refractivity contribution in [1.82, 2.24) is 0 Å². The number of nitrogens with zero attached hydrogens (tertiary/aromatic N) is 2. The molecule has 0 atom stereocenters. The lowest BCUT2D eigenvalue weighted by molar-refractivity contribution is -0.120. The summed E-state index contributed by atoms with van der Waals surface area (Å²) >= 11 is 0. The first-order chi connectivity index (χ1) is 15.7. The van der Waals surface area contributed by atoms with Gasteiger partial charge in [-0.1, -0.05) is 18.2 Å². The molecule has 33 heavy (non-hydrogen) atoms. The van der Waals surface area contributed by atoms with Crippen molar-refractivity contribution in [2.75, 3.05) is 29.2 Å². The second-order valence-electron chi connectivity index (χ2n) is 8.16. The van der Waals surface area contributed by atoms with Gasteiger partial charge in [0.1, 0.15) is 5.70 Å². The summed E-state index contributed by atoms with van der Waals surface area (Å²) in [5.41, 5.74) is 4.36. The van der Waals surface area contributed by atoms with Crippen LogP contribution in [-0.4, -0.2) is 25.9 Å². The van der Waals surface area contributed by atoms with Gasteiger partial charge in [-0.2, -0.15) is 0 Å². The fraction of sp³-hybridized carbons (Fsp3) is 0.154. The Bertz CT molecular complexity index is 1300. The Hall–Kier alpha value is -4.00. The molecule has 0 spiro atoms. The minimum absolute atomic E-state index is 0.0370. The van der Waals surface area contributed by atoms with Crippen LogP contribution in [0.15, 0.2) is 66.4 Å². The molecule has 0 unspecified atom stereocenters. The highest BCUT2D eigenvalue weighted by Gasteiger charge is 2.40. The molecular weight excluding hydrogens is 424 g/mol. The summed E-state index contributed by atoms with van der Waals surface area (Å²) in [6, 6.07) is 15.8. The van der Waals surface area contributed by atoms with Crippen LogP contribution in [-0.2, 0) is 9.59 Å². The number of rotatable bonds is 5. The van der Waals surface area contributed by atoms with E-state index in [0.29, 0.717) is 11.3 Å². The third-order valence-corrected chi connectivity index (χ3v) is 5.69. The number of imide groups is 1. The van der Waals surface area contributed by atoms with Gasteiger partial charge < -0.3 is 10.2 Å². The van der Waals surface area contributed by atoms with E-state index in [1.165, 1.54) is 6.07 Å². The van der Waals surface area contributed by atoms with E-state index < -0.39 is 23.4 Å². The molecule has 1 aliphatic rings. The Morgan fingerprint density at radius 3 is 2.09 bits per heavy atom. The number of nitrogens with one attached hydrogen (secondary N) is 1. The molecular formula is C26H23F2N3O2. The Morgan fingerprint density at radius 1 is 0.788 bits per heavy atom. The number of benzene rings is 3.